The zero-order chi connectivity index (χ0) is 14.9. The molecule has 1 amide bonds. The monoisotopic (exact) mass is 278 g/mol. The van der Waals surface area contributed by atoms with Crippen molar-refractivity contribution in [1.29, 1.82) is 0 Å². The van der Waals surface area contributed by atoms with Crippen molar-refractivity contribution in [2.24, 2.45) is 0 Å². The van der Waals surface area contributed by atoms with Crippen LogP contribution in [0.1, 0.15) is 31.9 Å². The first-order valence-corrected chi connectivity index (χ1v) is 6.74. The summed E-state index contributed by atoms with van der Waals surface area (Å²) < 4.78 is 10.6. The van der Waals surface area contributed by atoms with Crippen LogP contribution >= 0.6 is 0 Å². The highest BCUT2D eigenvalue weighted by molar-refractivity contribution is 5.70. The van der Waals surface area contributed by atoms with Crippen molar-refractivity contribution in [3.63, 3.8) is 0 Å². The quantitative estimate of drug-likeness (QED) is 0.802. The molecule has 0 aromatic heterocycles. The Hall–Kier alpha value is -1.91. The molecule has 0 atom stereocenters. The number of nitrogens with zero attached hydrogens (tertiary/aromatic N) is 1. The molecule has 0 saturated heterocycles. The molecule has 0 spiro atoms. The van der Waals surface area contributed by atoms with E-state index < -0.39 is 5.60 Å². The number of amides is 1. The molecule has 0 saturated carbocycles. The minimum Gasteiger partial charge on any atom is -0.495 e. The average molecular weight is 278 g/mol. The Balaban J connectivity index is 2.16. The number of hydrogen-bond acceptors (Lipinski definition) is 4. The summed E-state index contributed by atoms with van der Waals surface area (Å²) in [6.45, 7) is 6.74. The molecule has 0 unspecified atom stereocenters. The molecule has 1 aromatic rings. The number of ether oxygens (including phenoxy) is 2. The lowest BCUT2D eigenvalue weighted by atomic mass is 9.97. The summed E-state index contributed by atoms with van der Waals surface area (Å²) in [5, 5.41) is 0. The first-order valence-electron chi connectivity index (χ1n) is 6.74. The summed E-state index contributed by atoms with van der Waals surface area (Å²) in [7, 11) is 1.61. The minimum absolute atomic E-state index is 0.280. The number of methoxy groups -OCH3 is 1. The Kier molecular flexibility index (Phi) is 3.79. The van der Waals surface area contributed by atoms with Crippen LogP contribution in [-0.4, -0.2) is 30.2 Å². The summed E-state index contributed by atoms with van der Waals surface area (Å²) in [6, 6.07) is 3.80. The highest BCUT2D eigenvalue weighted by atomic mass is 16.6. The number of carbonyl (C=O) groups excluding carboxylic acids is 1. The van der Waals surface area contributed by atoms with E-state index in [1.807, 2.05) is 32.9 Å². The Morgan fingerprint density at radius 2 is 2.05 bits per heavy atom. The van der Waals surface area contributed by atoms with Gasteiger partial charge in [0.15, 0.2) is 0 Å². The number of benzene rings is 1. The van der Waals surface area contributed by atoms with Crippen molar-refractivity contribution >= 4 is 11.8 Å². The molecule has 1 aliphatic heterocycles. The maximum Gasteiger partial charge on any atom is 0.410 e. The molecule has 1 heterocycles. The Labute approximate surface area is 119 Å². The molecule has 0 bridgehead atoms. The molecule has 5 heteroatoms. The van der Waals surface area contributed by atoms with Crippen molar-refractivity contribution in [3.8, 4) is 5.75 Å². The molecule has 0 fully saturated rings. The van der Waals surface area contributed by atoms with Crippen LogP contribution in [0.3, 0.4) is 0 Å². The second-order valence-electron chi connectivity index (χ2n) is 5.97. The van der Waals surface area contributed by atoms with Gasteiger partial charge in [0, 0.05) is 13.1 Å². The van der Waals surface area contributed by atoms with Crippen LogP contribution in [0.25, 0.3) is 0 Å². The standard InChI is InChI=1S/C15H22N2O3/c1-15(2,3)20-14(18)17-8-7-11-10(9-17)5-6-12(19-4)13(11)16/h5-6H,7-9,16H2,1-4H3. The lowest BCUT2D eigenvalue weighted by molar-refractivity contribution is 0.0224. The Morgan fingerprint density at radius 3 is 2.65 bits per heavy atom. The third-order valence-corrected chi connectivity index (χ3v) is 3.28. The second-order valence-corrected chi connectivity index (χ2v) is 5.97. The van der Waals surface area contributed by atoms with Crippen LogP contribution in [0.4, 0.5) is 10.5 Å². The van der Waals surface area contributed by atoms with E-state index in [0.717, 1.165) is 17.5 Å². The summed E-state index contributed by atoms with van der Waals surface area (Å²) in [5.41, 5.74) is 8.41. The van der Waals surface area contributed by atoms with Gasteiger partial charge in [0.1, 0.15) is 11.4 Å². The predicted molar refractivity (Wildman–Crippen MR) is 77.8 cm³/mol. The van der Waals surface area contributed by atoms with Gasteiger partial charge in [0.05, 0.1) is 12.8 Å². The summed E-state index contributed by atoms with van der Waals surface area (Å²) in [4.78, 5) is 13.8. The molecule has 20 heavy (non-hydrogen) atoms. The number of carbonyl (C=O) groups is 1. The van der Waals surface area contributed by atoms with E-state index in [1.165, 1.54) is 0 Å². The van der Waals surface area contributed by atoms with Gasteiger partial charge in [0.2, 0.25) is 0 Å². The van der Waals surface area contributed by atoms with Gasteiger partial charge >= 0.3 is 6.09 Å². The van der Waals surface area contributed by atoms with Crippen LogP contribution in [-0.2, 0) is 17.7 Å². The first kappa shape index (κ1) is 14.5. The number of hydrogen-bond donors (Lipinski definition) is 1. The fourth-order valence-electron chi connectivity index (χ4n) is 2.32. The summed E-state index contributed by atoms with van der Waals surface area (Å²) in [5.74, 6) is 0.689. The SMILES string of the molecule is COc1ccc2c(c1N)CCN(C(=O)OC(C)(C)C)C2. The zero-order valence-corrected chi connectivity index (χ0v) is 12.5. The number of anilines is 1. The van der Waals surface area contributed by atoms with Gasteiger partial charge in [-0.2, -0.15) is 0 Å². The van der Waals surface area contributed by atoms with Crippen LogP contribution in [0, 0.1) is 0 Å². The largest absolute Gasteiger partial charge is 0.495 e. The van der Waals surface area contributed by atoms with E-state index in [-0.39, 0.29) is 6.09 Å². The topological polar surface area (TPSA) is 64.8 Å². The third kappa shape index (κ3) is 2.98. The van der Waals surface area contributed by atoms with Gasteiger partial charge in [-0.15, -0.1) is 0 Å². The maximum absolute atomic E-state index is 12.1. The molecule has 0 radical (unpaired) electrons. The summed E-state index contributed by atoms with van der Waals surface area (Å²) in [6.07, 6.45) is 0.440. The zero-order valence-electron chi connectivity index (χ0n) is 12.5. The van der Waals surface area contributed by atoms with E-state index in [0.29, 0.717) is 24.5 Å². The van der Waals surface area contributed by atoms with Crippen molar-refractivity contribution in [2.45, 2.75) is 39.3 Å². The molecule has 1 aromatic carbocycles. The van der Waals surface area contributed by atoms with Crippen LogP contribution in [0.15, 0.2) is 12.1 Å². The molecule has 5 nitrogen and oxygen atoms in total. The van der Waals surface area contributed by atoms with Crippen LogP contribution < -0.4 is 10.5 Å². The number of nitrogen functional groups attached to an aromatic ring is 1. The van der Waals surface area contributed by atoms with E-state index in [1.54, 1.807) is 12.0 Å². The van der Waals surface area contributed by atoms with E-state index in [4.69, 9.17) is 15.2 Å². The second kappa shape index (κ2) is 5.23. The molecule has 0 aliphatic carbocycles. The third-order valence-electron chi connectivity index (χ3n) is 3.28. The van der Waals surface area contributed by atoms with Gasteiger partial charge in [-0.3, -0.25) is 0 Å². The first-order chi connectivity index (χ1) is 9.31. The molecule has 110 valence electrons. The lowest BCUT2D eigenvalue weighted by Crippen LogP contribution is -2.40. The fourth-order valence-corrected chi connectivity index (χ4v) is 2.32. The van der Waals surface area contributed by atoms with E-state index in [9.17, 15) is 4.79 Å². The molecule has 2 rings (SSSR count). The van der Waals surface area contributed by atoms with Gasteiger partial charge < -0.3 is 20.1 Å². The van der Waals surface area contributed by atoms with Crippen molar-refractivity contribution in [3.05, 3.63) is 23.3 Å². The van der Waals surface area contributed by atoms with Crippen molar-refractivity contribution < 1.29 is 14.3 Å². The average Bonchev–Trinajstić information content (AvgIpc) is 2.37. The minimum atomic E-state index is -0.476. The highest BCUT2D eigenvalue weighted by Gasteiger charge is 2.27. The normalized spacial score (nSPS) is 14.7. The van der Waals surface area contributed by atoms with Gasteiger partial charge in [-0.1, -0.05) is 6.07 Å². The van der Waals surface area contributed by atoms with Gasteiger partial charge in [0.25, 0.3) is 0 Å². The Morgan fingerprint density at radius 1 is 1.35 bits per heavy atom. The molecule has 2 N–H and O–H groups in total. The maximum atomic E-state index is 12.1. The number of fused-ring (bicyclic) bond motifs is 1. The van der Waals surface area contributed by atoms with Crippen molar-refractivity contribution in [1.82, 2.24) is 4.90 Å². The van der Waals surface area contributed by atoms with E-state index >= 15 is 0 Å². The van der Waals surface area contributed by atoms with Crippen molar-refractivity contribution in [2.75, 3.05) is 19.4 Å². The van der Waals surface area contributed by atoms with Crippen LogP contribution in [0.5, 0.6) is 5.75 Å². The van der Waals surface area contributed by atoms with Gasteiger partial charge in [-0.25, -0.2) is 4.79 Å². The smallest absolute Gasteiger partial charge is 0.410 e. The summed E-state index contributed by atoms with van der Waals surface area (Å²) >= 11 is 0. The number of nitrogens with two attached hydrogens (primary N) is 1. The van der Waals surface area contributed by atoms with E-state index in [2.05, 4.69) is 0 Å². The number of rotatable bonds is 1. The lowest BCUT2D eigenvalue weighted by Gasteiger charge is -2.32. The predicted octanol–water partition coefficient (Wildman–Crippen LogP) is 2.57. The highest BCUT2D eigenvalue weighted by Crippen LogP contribution is 2.32. The molecular weight excluding hydrogens is 256 g/mol. The Bertz CT molecular complexity index is 521. The molecular formula is C15H22N2O3. The molecule has 1 aliphatic rings. The van der Waals surface area contributed by atoms with Crippen LogP contribution in [0.2, 0.25) is 0 Å². The fraction of sp³-hybridized carbons (Fsp3) is 0.533. The van der Waals surface area contributed by atoms with Gasteiger partial charge in [-0.05, 0) is 44.4 Å².